The van der Waals surface area contributed by atoms with E-state index in [1.165, 1.54) is 36.0 Å². The van der Waals surface area contributed by atoms with E-state index >= 15 is 0 Å². The lowest BCUT2D eigenvalue weighted by Crippen LogP contribution is -2.00. The van der Waals surface area contributed by atoms with Gasteiger partial charge < -0.3 is 4.74 Å². The molecule has 0 aliphatic heterocycles. The number of hydrogen-bond donors (Lipinski definition) is 0. The zero-order valence-electron chi connectivity index (χ0n) is 15.6. The Hall–Kier alpha value is -1.31. The molecule has 0 fully saturated rings. The molecule has 1 unspecified atom stereocenters. The predicted octanol–water partition coefficient (Wildman–Crippen LogP) is 5.99. The van der Waals surface area contributed by atoms with Crippen molar-refractivity contribution in [2.45, 2.75) is 74.1 Å². The first kappa shape index (κ1) is 20.7. The molecule has 0 saturated carbocycles. The molecule has 22 heavy (non-hydrogen) atoms. The molecular weight excluding hydrogens is 272 g/mol. The molecule has 0 rings (SSSR count). The average Bonchev–Trinajstić information content (AvgIpc) is 2.37. The Kier molecular flexibility index (Phi) is 10.6. The van der Waals surface area contributed by atoms with Crippen molar-refractivity contribution in [3.8, 4) is 0 Å². The molecule has 0 aliphatic carbocycles. The summed E-state index contributed by atoms with van der Waals surface area (Å²) in [4.78, 5) is 11.4. The fourth-order valence-electron chi connectivity index (χ4n) is 2.48. The zero-order valence-corrected chi connectivity index (χ0v) is 15.6. The number of hydrogen-bond acceptors (Lipinski definition) is 2. The molecule has 0 amide bonds. The van der Waals surface area contributed by atoms with Gasteiger partial charge in [-0.3, -0.25) is 0 Å². The van der Waals surface area contributed by atoms with Gasteiger partial charge in [-0.1, -0.05) is 36.1 Å². The molecule has 0 spiro atoms. The lowest BCUT2D eigenvalue weighted by atomic mass is 9.94. The number of rotatable bonds is 9. The standard InChI is InChI=1S/C20H34O2/c1-8-22-20(21)14-18(6)13-17(5)12-16(4)10-9-11-19(7)15(2)3/h13-14,16H,8-12H2,1-7H3/b17-13+,18-14+. The van der Waals surface area contributed by atoms with Gasteiger partial charge in [0.25, 0.3) is 0 Å². The minimum atomic E-state index is -0.255. The second kappa shape index (κ2) is 11.3. The summed E-state index contributed by atoms with van der Waals surface area (Å²) in [5, 5.41) is 0. The Labute approximate surface area is 137 Å². The van der Waals surface area contributed by atoms with E-state index in [1.807, 2.05) is 13.8 Å². The summed E-state index contributed by atoms with van der Waals surface area (Å²) in [6.07, 6.45) is 8.45. The number of carbonyl (C=O) groups excluding carboxylic acids is 1. The lowest BCUT2D eigenvalue weighted by Gasteiger charge is -2.12. The van der Waals surface area contributed by atoms with Crippen LogP contribution in [0.25, 0.3) is 0 Å². The van der Waals surface area contributed by atoms with Crippen LogP contribution in [0.3, 0.4) is 0 Å². The van der Waals surface area contributed by atoms with Crippen LogP contribution in [0.15, 0.2) is 34.4 Å². The third-order valence-electron chi connectivity index (χ3n) is 3.88. The first-order valence-electron chi connectivity index (χ1n) is 8.41. The molecule has 0 aliphatic rings. The van der Waals surface area contributed by atoms with E-state index in [9.17, 15) is 4.79 Å². The second-order valence-electron chi connectivity index (χ2n) is 6.61. The molecule has 0 bridgehead atoms. The first-order chi connectivity index (χ1) is 10.3. The number of carbonyl (C=O) groups is 1. The Balaban J connectivity index is 4.29. The molecule has 0 radical (unpaired) electrons. The molecule has 2 heteroatoms. The summed E-state index contributed by atoms with van der Waals surface area (Å²) in [7, 11) is 0. The molecule has 1 atom stereocenters. The van der Waals surface area contributed by atoms with Crippen LogP contribution in [0.4, 0.5) is 0 Å². The van der Waals surface area contributed by atoms with E-state index < -0.39 is 0 Å². The van der Waals surface area contributed by atoms with Gasteiger partial charge in [-0.15, -0.1) is 0 Å². The highest BCUT2D eigenvalue weighted by molar-refractivity contribution is 5.83. The smallest absolute Gasteiger partial charge is 0.330 e. The Bertz CT molecular complexity index is 435. The molecule has 0 aromatic heterocycles. The van der Waals surface area contributed by atoms with Gasteiger partial charge in [-0.25, -0.2) is 4.79 Å². The van der Waals surface area contributed by atoms with Crippen molar-refractivity contribution in [1.82, 2.24) is 0 Å². The third kappa shape index (κ3) is 10.4. The fourth-order valence-corrected chi connectivity index (χ4v) is 2.48. The van der Waals surface area contributed by atoms with E-state index in [0.717, 1.165) is 12.0 Å². The van der Waals surface area contributed by atoms with Crippen LogP contribution in [0.5, 0.6) is 0 Å². The van der Waals surface area contributed by atoms with Crippen LogP contribution < -0.4 is 0 Å². The van der Waals surface area contributed by atoms with Crippen molar-refractivity contribution in [2.75, 3.05) is 6.61 Å². The maximum Gasteiger partial charge on any atom is 0.330 e. The minimum absolute atomic E-state index is 0.255. The van der Waals surface area contributed by atoms with Crippen LogP contribution >= 0.6 is 0 Å². The molecule has 2 nitrogen and oxygen atoms in total. The first-order valence-corrected chi connectivity index (χ1v) is 8.41. The molecule has 0 aromatic carbocycles. The van der Waals surface area contributed by atoms with Gasteiger partial charge in [0.15, 0.2) is 0 Å². The van der Waals surface area contributed by atoms with Gasteiger partial charge >= 0.3 is 5.97 Å². The van der Waals surface area contributed by atoms with E-state index in [0.29, 0.717) is 12.5 Å². The van der Waals surface area contributed by atoms with Gasteiger partial charge in [0.1, 0.15) is 0 Å². The second-order valence-corrected chi connectivity index (χ2v) is 6.61. The van der Waals surface area contributed by atoms with Crippen LogP contribution in [-0.2, 0) is 9.53 Å². The zero-order chi connectivity index (χ0) is 17.1. The average molecular weight is 306 g/mol. The van der Waals surface area contributed by atoms with Crippen LogP contribution in [0, 0.1) is 5.92 Å². The molecule has 0 saturated heterocycles. The van der Waals surface area contributed by atoms with Gasteiger partial charge in [0, 0.05) is 6.08 Å². The highest BCUT2D eigenvalue weighted by atomic mass is 16.5. The maximum absolute atomic E-state index is 11.4. The van der Waals surface area contributed by atoms with Crippen LogP contribution in [-0.4, -0.2) is 12.6 Å². The summed E-state index contributed by atoms with van der Waals surface area (Å²) in [6.45, 7) is 15.2. The lowest BCUT2D eigenvalue weighted by molar-refractivity contribution is -0.137. The summed E-state index contributed by atoms with van der Waals surface area (Å²) in [5.41, 5.74) is 5.25. The van der Waals surface area contributed by atoms with Crippen LogP contribution in [0.1, 0.15) is 74.1 Å². The van der Waals surface area contributed by atoms with Crippen LogP contribution in [0.2, 0.25) is 0 Å². The molecule has 0 heterocycles. The van der Waals surface area contributed by atoms with Gasteiger partial charge in [0.05, 0.1) is 6.61 Å². The van der Waals surface area contributed by atoms with E-state index in [4.69, 9.17) is 4.74 Å². The predicted molar refractivity (Wildman–Crippen MR) is 95.8 cm³/mol. The quantitative estimate of drug-likeness (QED) is 0.226. The fraction of sp³-hybridized carbons (Fsp3) is 0.650. The van der Waals surface area contributed by atoms with Crippen molar-refractivity contribution < 1.29 is 9.53 Å². The van der Waals surface area contributed by atoms with Crippen molar-refractivity contribution in [1.29, 1.82) is 0 Å². The van der Waals surface area contributed by atoms with E-state index in [2.05, 4.69) is 40.7 Å². The van der Waals surface area contributed by atoms with Gasteiger partial charge in [-0.05, 0) is 72.3 Å². The largest absolute Gasteiger partial charge is 0.463 e. The molecule has 0 aromatic rings. The summed E-state index contributed by atoms with van der Waals surface area (Å²) < 4.78 is 4.92. The Morgan fingerprint density at radius 2 is 1.73 bits per heavy atom. The van der Waals surface area contributed by atoms with Gasteiger partial charge in [0.2, 0.25) is 0 Å². The summed E-state index contributed by atoms with van der Waals surface area (Å²) in [6, 6.07) is 0. The maximum atomic E-state index is 11.4. The van der Waals surface area contributed by atoms with Gasteiger partial charge in [-0.2, -0.15) is 0 Å². The highest BCUT2D eigenvalue weighted by Crippen LogP contribution is 2.20. The number of esters is 1. The molecular formula is C20H34O2. The number of ether oxygens (including phenoxy) is 1. The summed E-state index contributed by atoms with van der Waals surface area (Å²) in [5.74, 6) is 0.422. The van der Waals surface area contributed by atoms with E-state index in [1.54, 1.807) is 6.08 Å². The minimum Gasteiger partial charge on any atom is -0.463 e. The highest BCUT2D eigenvalue weighted by Gasteiger charge is 2.04. The van der Waals surface area contributed by atoms with Crippen molar-refractivity contribution >= 4 is 5.97 Å². The Morgan fingerprint density at radius 1 is 1.09 bits per heavy atom. The topological polar surface area (TPSA) is 26.3 Å². The van der Waals surface area contributed by atoms with Crippen molar-refractivity contribution in [3.63, 3.8) is 0 Å². The molecule has 0 N–H and O–H groups in total. The number of allylic oxidation sites excluding steroid dienone is 5. The van der Waals surface area contributed by atoms with E-state index in [-0.39, 0.29) is 5.97 Å². The molecule has 126 valence electrons. The monoisotopic (exact) mass is 306 g/mol. The van der Waals surface area contributed by atoms with Crippen molar-refractivity contribution in [3.05, 3.63) is 34.4 Å². The normalized spacial score (nSPS) is 13.8. The SMILES string of the molecule is CCOC(=O)/C=C(C)/C=C(\C)CC(C)CCCC(C)=C(C)C. The van der Waals surface area contributed by atoms with Crippen molar-refractivity contribution in [2.24, 2.45) is 5.92 Å². The summed E-state index contributed by atoms with van der Waals surface area (Å²) >= 11 is 0. The third-order valence-corrected chi connectivity index (χ3v) is 3.88. The Morgan fingerprint density at radius 3 is 2.27 bits per heavy atom.